The van der Waals surface area contributed by atoms with Gasteiger partial charge >= 0.3 is 0 Å². The molecule has 1 aromatic rings. The van der Waals surface area contributed by atoms with Crippen molar-refractivity contribution in [1.82, 2.24) is 9.80 Å². The first-order valence-electron chi connectivity index (χ1n) is 7.91. The molecular weight excluding hydrogens is 280 g/mol. The number of rotatable bonds is 3. The second kappa shape index (κ2) is 6.93. The first kappa shape index (κ1) is 15.1. The highest BCUT2D eigenvalue weighted by Gasteiger charge is 2.34. The van der Waals surface area contributed by atoms with Crippen molar-refractivity contribution in [2.45, 2.75) is 44.8 Å². The van der Waals surface area contributed by atoms with E-state index < -0.39 is 0 Å². The van der Waals surface area contributed by atoms with E-state index in [2.05, 4.69) is 40.0 Å². The number of hydrogen-bond donors (Lipinski definition) is 1. The van der Waals surface area contributed by atoms with Gasteiger partial charge in [-0.05, 0) is 32.4 Å². The van der Waals surface area contributed by atoms with Gasteiger partial charge in [0.15, 0.2) is 0 Å². The van der Waals surface area contributed by atoms with Gasteiger partial charge in [-0.2, -0.15) is 0 Å². The lowest BCUT2D eigenvalue weighted by molar-refractivity contribution is 0.0547. The molecule has 4 heteroatoms. The van der Waals surface area contributed by atoms with E-state index in [1.165, 1.54) is 37.4 Å². The van der Waals surface area contributed by atoms with Crippen LogP contribution in [0.1, 0.15) is 36.6 Å². The van der Waals surface area contributed by atoms with E-state index in [1.807, 2.05) is 11.3 Å². The summed E-state index contributed by atoms with van der Waals surface area (Å²) in [5, 5.41) is 10.9. The topological polar surface area (TPSA) is 26.7 Å². The van der Waals surface area contributed by atoms with Gasteiger partial charge in [0.1, 0.15) is 0 Å². The van der Waals surface area contributed by atoms with Gasteiger partial charge in [0.2, 0.25) is 0 Å². The molecule has 2 aliphatic rings. The van der Waals surface area contributed by atoms with Crippen molar-refractivity contribution in [3.63, 3.8) is 0 Å². The molecule has 2 fully saturated rings. The van der Waals surface area contributed by atoms with E-state index in [0.717, 1.165) is 18.2 Å². The molecule has 114 valence electrons. The van der Waals surface area contributed by atoms with Crippen LogP contribution >= 0.6 is 11.3 Å². The van der Waals surface area contributed by atoms with E-state index in [1.54, 1.807) is 0 Å². The van der Waals surface area contributed by atoms with Crippen LogP contribution in [0.5, 0.6) is 0 Å². The maximum Gasteiger partial charge on any atom is 0.0540 e. The molecule has 1 aromatic heterocycles. The molecule has 1 N–H and O–H groups in total. The quantitative estimate of drug-likeness (QED) is 0.867. The normalized spacial score (nSPS) is 26.4. The Labute approximate surface area is 131 Å². The van der Waals surface area contributed by atoms with Gasteiger partial charge in [0, 0.05) is 54.0 Å². The molecule has 3 nitrogen and oxygen atoms in total. The Bertz CT molecular complexity index is 530. The molecule has 0 amide bonds. The fourth-order valence-corrected chi connectivity index (χ4v) is 4.26. The average molecular weight is 304 g/mol. The molecule has 0 aromatic carbocycles. The number of aliphatic hydroxyl groups is 1. The van der Waals surface area contributed by atoms with Crippen molar-refractivity contribution in [1.29, 1.82) is 0 Å². The van der Waals surface area contributed by atoms with E-state index in [4.69, 9.17) is 5.11 Å². The minimum atomic E-state index is 0.146. The van der Waals surface area contributed by atoms with Crippen LogP contribution in [-0.2, 0) is 6.54 Å². The van der Waals surface area contributed by atoms with E-state index >= 15 is 0 Å². The summed E-state index contributed by atoms with van der Waals surface area (Å²) in [7, 11) is 0. The first-order valence-corrected chi connectivity index (χ1v) is 8.79. The van der Waals surface area contributed by atoms with Crippen LogP contribution in [0.2, 0.25) is 0 Å². The molecule has 0 spiro atoms. The summed E-state index contributed by atoms with van der Waals surface area (Å²) < 4.78 is 0. The predicted molar refractivity (Wildman–Crippen MR) is 87.4 cm³/mol. The van der Waals surface area contributed by atoms with Gasteiger partial charge < -0.3 is 5.11 Å². The molecule has 3 heterocycles. The molecule has 2 aliphatic heterocycles. The van der Waals surface area contributed by atoms with Crippen molar-refractivity contribution in [2.24, 2.45) is 0 Å². The molecule has 2 atom stereocenters. The van der Waals surface area contributed by atoms with E-state index in [9.17, 15) is 0 Å². The summed E-state index contributed by atoms with van der Waals surface area (Å²) in [6.07, 6.45) is 3.30. The number of nitrogens with zero attached hydrogens (tertiary/aromatic N) is 2. The van der Waals surface area contributed by atoms with Crippen LogP contribution in [0, 0.1) is 11.8 Å². The lowest BCUT2D eigenvalue weighted by atomic mass is 10.1. The average Bonchev–Trinajstić information content (AvgIpc) is 3.09. The van der Waals surface area contributed by atoms with E-state index in [-0.39, 0.29) is 6.61 Å². The fraction of sp³-hybridized carbons (Fsp3) is 0.647. The van der Waals surface area contributed by atoms with Crippen LogP contribution in [0.15, 0.2) is 11.4 Å². The Hall–Kier alpha value is -0.860. The van der Waals surface area contributed by atoms with Crippen molar-refractivity contribution in [3.8, 4) is 11.8 Å². The highest BCUT2D eigenvalue weighted by Crippen LogP contribution is 2.26. The molecule has 0 bridgehead atoms. The summed E-state index contributed by atoms with van der Waals surface area (Å²) in [4.78, 5) is 6.70. The Morgan fingerprint density at radius 3 is 3.19 bits per heavy atom. The van der Waals surface area contributed by atoms with Crippen molar-refractivity contribution >= 4 is 11.3 Å². The van der Waals surface area contributed by atoms with Crippen LogP contribution < -0.4 is 0 Å². The van der Waals surface area contributed by atoms with Gasteiger partial charge in [0.25, 0.3) is 0 Å². The number of piperazine rings is 1. The summed E-state index contributed by atoms with van der Waals surface area (Å²) >= 11 is 1.81. The van der Waals surface area contributed by atoms with Crippen LogP contribution in [-0.4, -0.2) is 53.2 Å². The molecule has 3 rings (SSSR count). The molecule has 2 unspecified atom stereocenters. The first-order chi connectivity index (χ1) is 10.3. The van der Waals surface area contributed by atoms with Gasteiger partial charge in [-0.15, -0.1) is 11.3 Å². The second-order valence-electron chi connectivity index (χ2n) is 6.15. The number of aliphatic hydroxyl groups excluding tert-OH is 1. The Balaban J connectivity index is 1.60. The van der Waals surface area contributed by atoms with Crippen LogP contribution in [0.4, 0.5) is 0 Å². The van der Waals surface area contributed by atoms with Gasteiger partial charge in [-0.25, -0.2) is 0 Å². The van der Waals surface area contributed by atoms with Gasteiger partial charge in [-0.1, -0.05) is 11.8 Å². The Kier molecular flexibility index (Phi) is 4.97. The van der Waals surface area contributed by atoms with E-state index in [0.29, 0.717) is 12.5 Å². The predicted octanol–water partition coefficient (Wildman–Crippen LogP) is 2.15. The lowest BCUT2D eigenvalue weighted by Crippen LogP contribution is -2.54. The van der Waals surface area contributed by atoms with Crippen molar-refractivity contribution in [3.05, 3.63) is 21.9 Å². The second-order valence-corrected chi connectivity index (χ2v) is 7.14. The molecule has 0 radical (unpaired) electrons. The number of fused-ring (bicyclic) bond motifs is 1. The van der Waals surface area contributed by atoms with Crippen molar-refractivity contribution < 1.29 is 5.11 Å². The van der Waals surface area contributed by atoms with Crippen LogP contribution in [0.25, 0.3) is 0 Å². The maximum absolute atomic E-state index is 8.76. The Morgan fingerprint density at radius 1 is 1.43 bits per heavy atom. The summed E-state index contributed by atoms with van der Waals surface area (Å²) in [6, 6.07) is 3.64. The molecule has 0 saturated carbocycles. The van der Waals surface area contributed by atoms with Crippen molar-refractivity contribution in [2.75, 3.05) is 26.2 Å². The lowest BCUT2D eigenvalue weighted by Gasteiger charge is -2.42. The summed E-state index contributed by atoms with van der Waals surface area (Å²) in [5.74, 6) is 6.12. The number of hydrogen-bond acceptors (Lipinski definition) is 4. The Morgan fingerprint density at radius 2 is 2.33 bits per heavy atom. The molecule has 21 heavy (non-hydrogen) atoms. The maximum atomic E-state index is 8.76. The summed E-state index contributed by atoms with van der Waals surface area (Å²) in [6.45, 7) is 7.28. The molecule has 0 aliphatic carbocycles. The zero-order valence-electron chi connectivity index (χ0n) is 12.7. The minimum Gasteiger partial charge on any atom is -0.395 e. The third-order valence-electron chi connectivity index (χ3n) is 4.55. The highest BCUT2D eigenvalue weighted by atomic mass is 32.1. The zero-order chi connectivity index (χ0) is 14.7. The molecule has 2 saturated heterocycles. The van der Waals surface area contributed by atoms with Gasteiger partial charge in [0.05, 0.1) is 6.61 Å². The third-order valence-corrected chi connectivity index (χ3v) is 5.47. The summed E-state index contributed by atoms with van der Waals surface area (Å²) in [5.41, 5.74) is 1.09. The zero-order valence-corrected chi connectivity index (χ0v) is 13.5. The SMILES string of the molecule is CC1CN2CCCC2CN1Cc1cc(C#CCCO)cs1. The largest absolute Gasteiger partial charge is 0.395 e. The fourth-order valence-electron chi connectivity index (χ4n) is 3.42. The minimum absolute atomic E-state index is 0.146. The number of thiophene rings is 1. The standard InChI is InChI=1S/C17H24N2OS/c1-14-10-18-7-4-6-16(18)11-19(14)12-17-9-15(13-21-17)5-2-3-8-20/h9,13-14,16,20H,3-4,6-8,10-12H2,1H3. The molecular formula is C17H24N2OS. The highest BCUT2D eigenvalue weighted by molar-refractivity contribution is 7.10. The van der Waals surface area contributed by atoms with Crippen LogP contribution in [0.3, 0.4) is 0 Å². The third kappa shape index (κ3) is 3.67. The monoisotopic (exact) mass is 304 g/mol. The van der Waals surface area contributed by atoms with Gasteiger partial charge in [-0.3, -0.25) is 9.80 Å². The smallest absolute Gasteiger partial charge is 0.0540 e.